The Labute approximate surface area is 136 Å². The number of hydrogen-bond donors (Lipinski definition) is 1. The molecule has 2 aromatic rings. The minimum absolute atomic E-state index is 0.00750. The van der Waals surface area contributed by atoms with Crippen LogP contribution in [-0.2, 0) is 6.61 Å². The average molecular weight is 311 g/mol. The van der Waals surface area contributed by atoms with Gasteiger partial charge in [-0.3, -0.25) is 4.79 Å². The molecule has 2 aromatic carbocycles. The van der Waals surface area contributed by atoms with Crippen LogP contribution in [0.1, 0.15) is 28.8 Å². The van der Waals surface area contributed by atoms with E-state index in [-0.39, 0.29) is 18.6 Å². The molecule has 1 N–H and O–H groups in total. The number of aliphatic hydroxyl groups is 1. The predicted octanol–water partition coefficient (Wildman–Crippen LogP) is 2.86. The lowest BCUT2D eigenvalue weighted by atomic mass is 10.2. The van der Waals surface area contributed by atoms with Crippen LogP contribution >= 0.6 is 0 Å². The van der Waals surface area contributed by atoms with Crippen LogP contribution < -0.4 is 4.74 Å². The summed E-state index contributed by atoms with van der Waals surface area (Å²) in [4.78, 5) is 14.4. The molecular formula is C19H21NO3. The van der Waals surface area contributed by atoms with E-state index in [4.69, 9.17) is 9.84 Å². The second-order valence-corrected chi connectivity index (χ2v) is 5.76. The average Bonchev–Trinajstić information content (AvgIpc) is 3.43. The van der Waals surface area contributed by atoms with Gasteiger partial charge < -0.3 is 14.7 Å². The molecule has 0 spiro atoms. The van der Waals surface area contributed by atoms with Crippen molar-refractivity contribution in [1.29, 1.82) is 0 Å². The number of hydrogen-bond acceptors (Lipinski definition) is 3. The molecule has 0 bridgehead atoms. The summed E-state index contributed by atoms with van der Waals surface area (Å²) in [6.45, 7) is 0.854. The molecule has 0 saturated heterocycles. The third kappa shape index (κ3) is 4.11. The molecule has 1 saturated carbocycles. The van der Waals surface area contributed by atoms with E-state index in [9.17, 15) is 4.79 Å². The monoisotopic (exact) mass is 311 g/mol. The summed E-state index contributed by atoms with van der Waals surface area (Å²) in [7, 11) is 0. The van der Waals surface area contributed by atoms with E-state index in [0.29, 0.717) is 24.5 Å². The lowest BCUT2D eigenvalue weighted by Crippen LogP contribution is -2.35. The second-order valence-electron chi connectivity index (χ2n) is 5.76. The zero-order valence-electron chi connectivity index (χ0n) is 13.0. The molecule has 0 aliphatic heterocycles. The van der Waals surface area contributed by atoms with Gasteiger partial charge in [-0.15, -0.1) is 0 Å². The first-order chi connectivity index (χ1) is 11.3. The highest BCUT2D eigenvalue weighted by atomic mass is 16.5. The molecule has 0 heterocycles. The van der Waals surface area contributed by atoms with Crippen molar-refractivity contribution in [2.75, 3.05) is 13.2 Å². The van der Waals surface area contributed by atoms with Gasteiger partial charge in [0.2, 0.25) is 0 Å². The van der Waals surface area contributed by atoms with Crippen LogP contribution in [0.3, 0.4) is 0 Å². The molecule has 0 aromatic heterocycles. The van der Waals surface area contributed by atoms with Gasteiger partial charge in [-0.2, -0.15) is 0 Å². The van der Waals surface area contributed by atoms with E-state index in [0.717, 1.165) is 18.4 Å². The Morgan fingerprint density at radius 1 is 1.13 bits per heavy atom. The molecule has 1 fully saturated rings. The molecule has 3 rings (SSSR count). The number of carbonyl (C=O) groups is 1. The highest BCUT2D eigenvalue weighted by Crippen LogP contribution is 2.28. The van der Waals surface area contributed by atoms with Gasteiger partial charge in [0.05, 0.1) is 6.61 Å². The fourth-order valence-electron chi connectivity index (χ4n) is 2.57. The van der Waals surface area contributed by atoms with Crippen LogP contribution in [-0.4, -0.2) is 35.1 Å². The molecule has 1 aliphatic carbocycles. The van der Waals surface area contributed by atoms with Crippen molar-refractivity contribution in [1.82, 2.24) is 4.90 Å². The SMILES string of the molecule is O=C(c1cccc(OCc2ccccc2)c1)N(CCO)C1CC1. The molecule has 4 nitrogen and oxygen atoms in total. The molecule has 1 amide bonds. The van der Waals surface area contributed by atoms with Crippen molar-refractivity contribution in [2.24, 2.45) is 0 Å². The Hall–Kier alpha value is -2.33. The number of rotatable bonds is 7. The Bertz CT molecular complexity index is 653. The maximum atomic E-state index is 12.6. The van der Waals surface area contributed by atoms with Crippen LogP contribution in [0.4, 0.5) is 0 Å². The summed E-state index contributed by atoms with van der Waals surface area (Å²) in [5, 5.41) is 9.16. The first-order valence-corrected chi connectivity index (χ1v) is 7.96. The molecule has 4 heteroatoms. The normalized spacial score (nSPS) is 13.6. The summed E-state index contributed by atoms with van der Waals surface area (Å²) in [5.41, 5.74) is 1.69. The molecule has 120 valence electrons. The maximum absolute atomic E-state index is 12.6. The largest absolute Gasteiger partial charge is 0.489 e. The van der Waals surface area contributed by atoms with Gasteiger partial charge in [-0.25, -0.2) is 0 Å². The van der Waals surface area contributed by atoms with Gasteiger partial charge in [0.1, 0.15) is 12.4 Å². The quantitative estimate of drug-likeness (QED) is 0.855. The van der Waals surface area contributed by atoms with E-state index in [1.807, 2.05) is 42.5 Å². The van der Waals surface area contributed by atoms with Crippen LogP contribution in [0, 0.1) is 0 Å². The van der Waals surface area contributed by atoms with Gasteiger partial charge in [-0.1, -0.05) is 36.4 Å². The van der Waals surface area contributed by atoms with Crippen molar-refractivity contribution in [2.45, 2.75) is 25.5 Å². The molecule has 23 heavy (non-hydrogen) atoms. The highest BCUT2D eigenvalue weighted by molar-refractivity contribution is 5.95. The minimum Gasteiger partial charge on any atom is -0.489 e. The van der Waals surface area contributed by atoms with E-state index < -0.39 is 0 Å². The molecule has 0 unspecified atom stereocenters. The van der Waals surface area contributed by atoms with E-state index in [1.165, 1.54) is 0 Å². The van der Waals surface area contributed by atoms with Crippen LogP contribution in [0.5, 0.6) is 5.75 Å². The summed E-state index contributed by atoms with van der Waals surface area (Å²) in [6, 6.07) is 17.5. The molecule has 0 radical (unpaired) electrons. The summed E-state index contributed by atoms with van der Waals surface area (Å²) in [6.07, 6.45) is 2.05. The Morgan fingerprint density at radius 3 is 2.61 bits per heavy atom. The maximum Gasteiger partial charge on any atom is 0.254 e. The Balaban J connectivity index is 1.67. The zero-order valence-corrected chi connectivity index (χ0v) is 13.0. The first kappa shape index (κ1) is 15.6. The van der Waals surface area contributed by atoms with E-state index in [1.54, 1.807) is 17.0 Å². The van der Waals surface area contributed by atoms with E-state index in [2.05, 4.69) is 0 Å². The van der Waals surface area contributed by atoms with Gasteiger partial charge in [0.15, 0.2) is 0 Å². The van der Waals surface area contributed by atoms with Crippen molar-refractivity contribution < 1.29 is 14.6 Å². The predicted molar refractivity (Wildman–Crippen MR) is 88.4 cm³/mol. The standard InChI is InChI=1S/C19H21NO3/c21-12-11-20(17-9-10-17)19(22)16-7-4-8-18(13-16)23-14-15-5-2-1-3-6-15/h1-8,13,17,21H,9-12,14H2. The fourth-order valence-corrected chi connectivity index (χ4v) is 2.57. The lowest BCUT2D eigenvalue weighted by Gasteiger charge is -2.21. The molecular weight excluding hydrogens is 290 g/mol. The number of benzene rings is 2. The molecule has 1 aliphatic rings. The van der Waals surface area contributed by atoms with Crippen LogP contribution in [0.2, 0.25) is 0 Å². The Morgan fingerprint density at radius 2 is 1.91 bits per heavy atom. The third-order valence-corrected chi connectivity index (χ3v) is 3.92. The summed E-state index contributed by atoms with van der Waals surface area (Å²) >= 11 is 0. The number of carbonyl (C=O) groups excluding carboxylic acids is 1. The number of amides is 1. The van der Waals surface area contributed by atoms with Crippen molar-refractivity contribution in [3.05, 3.63) is 65.7 Å². The van der Waals surface area contributed by atoms with Crippen molar-refractivity contribution in [3.63, 3.8) is 0 Å². The number of ether oxygens (including phenoxy) is 1. The zero-order chi connectivity index (χ0) is 16.1. The highest BCUT2D eigenvalue weighted by Gasteiger charge is 2.32. The minimum atomic E-state index is -0.0355. The van der Waals surface area contributed by atoms with Crippen LogP contribution in [0.25, 0.3) is 0 Å². The van der Waals surface area contributed by atoms with E-state index >= 15 is 0 Å². The van der Waals surface area contributed by atoms with Crippen molar-refractivity contribution in [3.8, 4) is 5.75 Å². The van der Waals surface area contributed by atoms with Gasteiger partial charge in [0, 0.05) is 18.2 Å². The lowest BCUT2D eigenvalue weighted by molar-refractivity contribution is 0.0707. The number of aliphatic hydroxyl groups excluding tert-OH is 1. The number of nitrogens with zero attached hydrogens (tertiary/aromatic N) is 1. The van der Waals surface area contributed by atoms with Gasteiger partial charge in [-0.05, 0) is 36.6 Å². The summed E-state index contributed by atoms with van der Waals surface area (Å²) in [5.74, 6) is 0.645. The second kappa shape index (κ2) is 7.29. The van der Waals surface area contributed by atoms with Gasteiger partial charge in [0.25, 0.3) is 5.91 Å². The smallest absolute Gasteiger partial charge is 0.254 e. The fraction of sp³-hybridized carbons (Fsp3) is 0.316. The van der Waals surface area contributed by atoms with Gasteiger partial charge >= 0.3 is 0 Å². The summed E-state index contributed by atoms with van der Waals surface area (Å²) < 4.78 is 5.78. The first-order valence-electron chi connectivity index (χ1n) is 7.96. The third-order valence-electron chi connectivity index (χ3n) is 3.92. The van der Waals surface area contributed by atoms with Crippen molar-refractivity contribution >= 4 is 5.91 Å². The topological polar surface area (TPSA) is 49.8 Å². The molecule has 0 atom stereocenters. The van der Waals surface area contributed by atoms with Crippen LogP contribution in [0.15, 0.2) is 54.6 Å². The Kier molecular flexibility index (Phi) is 4.93.